The van der Waals surface area contributed by atoms with E-state index in [-0.39, 0.29) is 0 Å². The van der Waals surface area contributed by atoms with Crippen molar-refractivity contribution < 1.29 is 4.52 Å². The van der Waals surface area contributed by atoms with Crippen molar-refractivity contribution >= 4 is 50.3 Å². The predicted molar refractivity (Wildman–Crippen MR) is 113 cm³/mol. The van der Waals surface area contributed by atoms with E-state index >= 15 is 0 Å². The lowest BCUT2D eigenvalue weighted by molar-refractivity contribution is 0.286. The first-order chi connectivity index (χ1) is 11.4. The van der Waals surface area contributed by atoms with Crippen LogP contribution < -0.4 is 10.6 Å². The first-order valence-electron chi connectivity index (χ1n) is 8.25. The number of hydrogen-bond acceptors (Lipinski definition) is 4. The van der Waals surface area contributed by atoms with E-state index in [1.807, 2.05) is 0 Å². The topological polar surface area (TPSA) is 9.23 Å². The zero-order chi connectivity index (χ0) is 17.3. The van der Waals surface area contributed by atoms with E-state index in [2.05, 4.69) is 64.1 Å². The Morgan fingerprint density at radius 1 is 1.00 bits per heavy atom. The second kappa shape index (κ2) is 7.55. The van der Waals surface area contributed by atoms with Crippen LogP contribution in [0.4, 0.5) is 0 Å². The molecule has 1 aliphatic heterocycles. The summed E-state index contributed by atoms with van der Waals surface area (Å²) in [5, 5.41) is 2.45. The van der Waals surface area contributed by atoms with Crippen LogP contribution in [-0.2, 0) is 16.3 Å². The molecule has 2 aromatic carbocycles. The third-order valence-corrected chi connectivity index (χ3v) is 11.1. The van der Waals surface area contributed by atoms with Gasteiger partial charge in [0.15, 0.2) is 0 Å². The Kier molecular flexibility index (Phi) is 5.83. The largest absolute Gasteiger partial charge is 0.342 e. The van der Waals surface area contributed by atoms with Gasteiger partial charge < -0.3 is 4.52 Å². The Morgan fingerprint density at radius 3 is 1.96 bits per heavy atom. The highest BCUT2D eigenvalue weighted by Crippen LogP contribution is 2.55. The Labute approximate surface area is 158 Å². The molecule has 1 atom stereocenters. The molecule has 1 heterocycles. The minimum atomic E-state index is -2.27. The van der Waals surface area contributed by atoms with Gasteiger partial charge >= 0.3 is 0 Å². The van der Waals surface area contributed by atoms with Crippen LogP contribution in [0.3, 0.4) is 0 Å². The van der Waals surface area contributed by atoms with Gasteiger partial charge in [-0.2, -0.15) is 0 Å². The van der Waals surface area contributed by atoms with E-state index in [1.165, 1.54) is 31.5 Å². The second-order valence-corrected chi connectivity index (χ2v) is 12.6. The maximum absolute atomic E-state index is 6.57. The molecule has 0 aliphatic carbocycles. The van der Waals surface area contributed by atoms with Gasteiger partial charge in [-0.05, 0) is 44.0 Å². The summed E-state index contributed by atoms with van der Waals surface area (Å²) >= 11 is 6.30. The summed E-state index contributed by atoms with van der Waals surface area (Å²) in [6, 6.07) is 13.2. The molecule has 0 saturated carbocycles. The fraction of sp³-hybridized carbons (Fsp3) is 0.368. The molecule has 128 valence electrons. The summed E-state index contributed by atoms with van der Waals surface area (Å²) in [7, 11) is 3.61. The minimum Gasteiger partial charge on any atom is -0.342 e. The van der Waals surface area contributed by atoms with Gasteiger partial charge in [0.25, 0.3) is 0 Å². The second-order valence-electron chi connectivity index (χ2n) is 6.47. The zero-order valence-electron chi connectivity index (χ0n) is 14.5. The molecule has 5 heteroatoms. The first kappa shape index (κ1) is 18.5. The highest BCUT2D eigenvalue weighted by atomic mass is 33.1. The molecule has 0 N–H and O–H groups in total. The number of hydrogen-bond donors (Lipinski definition) is 0. The quantitative estimate of drug-likeness (QED) is 0.477. The van der Waals surface area contributed by atoms with Crippen LogP contribution in [0.5, 0.6) is 0 Å². The molecule has 0 amide bonds. The average Bonchev–Trinajstić information content (AvgIpc) is 2.69. The molecule has 24 heavy (non-hydrogen) atoms. The Morgan fingerprint density at radius 2 is 1.50 bits per heavy atom. The highest BCUT2D eigenvalue weighted by Gasteiger charge is 2.32. The molecule has 0 spiro atoms. The van der Waals surface area contributed by atoms with Gasteiger partial charge in [0.2, 0.25) is 0 Å². The number of fused-ring (bicyclic) bond motifs is 2. The number of aryl methyl sites for hydroxylation is 2. The molecule has 0 radical (unpaired) electrons. The van der Waals surface area contributed by atoms with Crippen molar-refractivity contribution in [1.29, 1.82) is 0 Å². The van der Waals surface area contributed by atoms with E-state index in [9.17, 15) is 0 Å². The van der Waals surface area contributed by atoms with E-state index in [0.717, 1.165) is 13.0 Å². The van der Waals surface area contributed by atoms with Crippen molar-refractivity contribution in [1.82, 2.24) is 0 Å². The summed E-state index contributed by atoms with van der Waals surface area (Å²) in [5.41, 5.74) is 2.49. The lowest BCUT2D eigenvalue weighted by atomic mass is 10.1. The molecule has 3 rings (SSSR count). The van der Waals surface area contributed by atoms with Crippen LogP contribution in [-0.4, -0.2) is 6.61 Å². The molecule has 0 aromatic heterocycles. The SMILES string of the molecule is CCC(C)COP1(=S)c2cc(C)ccc2SSc2ccc(C)cc21. The lowest BCUT2D eigenvalue weighted by Crippen LogP contribution is -2.22. The Balaban J connectivity index is 2.18. The van der Waals surface area contributed by atoms with Crippen LogP contribution >= 0.6 is 27.9 Å². The van der Waals surface area contributed by atoms with Gasteiger partial charge in [-0.25, -0.2) is 0 Å². The molecule has 1 unspecified atom stereocenters. The first-order valence-corrected chi connectivity index (χ1v) is 13.1. The molecule has 0 bridgehead atoms. The average molecular weight is 395 g/mol. The lowest BCUT2D eigenvalue weighted by Gasteiger charge is -2.26. The smallest absolute Gasteiger partial charge is 0.125 e. The summed E-state index contributed by atoms with van der Waals surface area (Å²) in [4.78, 5) is 2.51. The van der Waals surface area contributed by atoms with Crippen LogP contribution in [0.15, 0.2) is 46.2 Å². The van der Waals surface area contributed by atoms with Crippen molar-refractivity contribution in [2.45, 2.75) is 43.9 Å². The third-order valence-electron chi connectivity index (χ3n) is 4.32. The zero-order valence-corrected chi connectivity index (χ0v) is 17.9. The Hall–Kier alpha value is -0.250. The molecule has 0 fully saturated rings. The third kappa shape index (κ3) is 3.64. The van der Waals surface area contributed by atoms with E-state index in [1.54, 1.807) is 21.6 Å². The van der Waals surface area contributed by atoms with E-state index < -0.39 is 6.26 Å². The van der Waals surface area contributed by atoms with Gasteiger partial charge in [0.1, 0.15) is 6.26 Å². The van der Waals surface area contributed by atoms with E-state index in [4.69, 9.17) is 16.3 Å². The summed E-state index contributed by atoms with van der Waals surface area (Å²) < 4.78 is 6.57. The molecule has 0 saturated heterocycles. The molecule has 1 aliphatic rings. The van der Waals surface area contributed by atoms with Gasteiger partial charge in [-0.1, -0.05) is 76.9 Å². The van der Waals surface area contributed by atoms with Crippen molar-refractivity contribution in [3.05, 3.63) is 47.5 Å². The predicted octanol–water partition coefficient (Wildman–Crippen LogP) is 5.82. The minimum absolute atomic E-state index is 0.523. The monoisotopic (exact) mass is 394 g/mol. The fourth-order valence-electron chi connectivity index (χ4n) is 2.56. The van der Waals surface area contributed by atoms with Gasteiger partial charge in [0.05, 0.1) is 6.61 Å². The molecular formula is C19H23OPS3. The summed E-state index contributed by atoms with van der Waals surface area (Å²) in [5.74, 6) is 0.523. The fourth-order valence-corrected chi connectivity index (χ4v) is 10.0. The number of rotatable bonds is 4. The van der Waals surface area contributed by atoms with Crippen molar-refractivity contribution in [3.8, 4) is 0 Å². The van der Waals surface area contributed by atoms with Gasteiger partial charge in [-0.15, -0.1) is 0 Å². The summed E-state index contributed by atoms with van der Waals surface area (Å²) in [6.07, 6.45) is -1.15. The van der Waals surface area contributed by atoms with Crippen LogP contribution in [0, 0.1) is 19.8 Å². The van der Waals surface area contributed by atoms with Crippen molar-refractivity contribution in [2.24, 2.45) is 5.92 Å². The molecular weight excluding hydrogens is 371 g/mol. The van der Waals surface area contributed by atoms with Crippen LogP contribution in [0.2, 0.25) is 0 Å². The standard InChI is InChI=1S/C19H23OPS3/c1-5-13(2)12-20-21(22)16-10-14(3)6-8-18(16)23-24-19-9-7-15(4)11-17(19)21/h6-11,13H,5,12H2,1-4H3. The van der Waals surface area contributed by atoms with E-state index in [0.29, 0.717) is 5.92 Å². The highest BCUT2D eigenvalue weighted by molar-refractivity contribution is 8.77. The van der Waals surface area contributed by atoms with Gasteiger partial charge in [0, 0.05) is 20.4 Å². The van der Waals surface area contributed by atoms with Crippen molar-refractivity contribution in [3.63, 3.8) is 0 Å². The number of benzene rings is 2. The Bertz CT molecular complexity index is 746. The maximum atomic E-state index is 6.57. The summed E-state index contributed by atoms with van der Waals surface area (Å²) in [6.45, 7) is 9.43. The van der Waals surface area contributed by atoms with Crippen LogP contribution in [0.25, 0.3) is 0 Å². The maximum Gasteiger partial charge on any atom is 0.125 e. The van der Waals surface area contributed by atoms with Crippen molar-refractivity contribution in [2.75, 3.05) is 6.61 Å². The normalized spacial score (nSPS) is 16.8. The molecule has 2 aromatic rings. The van der Waals surface area contributed by atoms with Crippen LogP contribution in [0.1, 0.15) is 31.4 Å². The molecule has 1 nitrogen and oxygen atoms in total. The van der Waals surface area contributed by atoms with Gasteiger partial charge in [-0.3, -0.25) is 0 Å².